The number of sulfonamides is 1. The molecule has 0 saturated heterocycles. The van der Waals surface area contributed by atoms with Crippen molar-refractivity contribution in [3.05, 3.63) is 58.6 Å². The first kappa shape index (κ1) is 18.8. The molecule has 2 aromatic rings. The molecule has 1 aliphatic heterocycles. The van der Waals surface area contributed by atoms with E-state index in [-0.39, 0.29) is 27.4 Å². The molecular formula is C18H19ClN2O4S. The van der Waals surface area contributed by atoms with Crippen LogP contribution in [0.25, 0.3) is 0 Å². The van der Waals surface area contributed by atoms with Gasteiger partial charge in [0.25, 0.3) is 15.9 Å². The van der Waals surface area contributed by atoms with Crippen molar-refractivity contribution < 1.29 is 18.0 Å². The summed E-state index contributed by atoms with van der Waals surface area (Å²) >= 11 is 6.07. The molecule has 0 aliphatic carbocycles. The second-order valence-corrected chi connectivity index (χ2v) is 8.41. The average Bonchev–Trinajstić information content (AvgIpc) is 2.96. The summed E-state index contributed by atoms with van der Waals surface area (Å²) in [5.74, 6) is -0.268. The first-order valence-corrected chi connectivity index (χ1v) is 9.83. The molecule has 0 bridgehead atoms. The lowest BCUT2D eigenvalue weighted by atomic mass is 10.1. The van der Waals surface area contributed by atoms with Crippen LogP contribution in [0.5, 0.6) is 0 Å². The van der Waals surface area contributed by atoms with Crippen LogP contribution in [0, 0.1) is 0 Å². The number of carbonyl (C=O) groups is 1. The van der Waals surface area contributed by atoms with E-state index in [0.29, 0.717) is 4.47 Å². The Balaban J connectivity index is 2.04. The van der Waals surface area contributed by atoms with Crippen molar-refractivity contribution in [3.63, 3.8) is 0 Å². The summed E-state index contributed by atoms with van der Waals surface area (Å²) in [5.41, 5.74) is 2.19. The predicted octanol–water partition coefficient (Wildman–Crippen LogP) is 3.11. The van der Waals surface area contributed by atoms with Crippen LogP contribution < -0.4 is 4.90 Å². The van der Waals surface area contributed by atoms with Gasteiger partial charge in [0.15, 0.2) is 0 Å². The van der Waals surface area contributed by atoms with Crippen LogP contribution >= 0.6 is 11.6 Å². The summed E-state index contributed by atoms with van der Waals surface area (Å²) in [6, 6.07) is 11.9. The number of fused-ring (bicyclic) bond motifs is 1. The van der Waals surface area contributed by atoms with Crippen molar-refractivity contribution in [1.82, 2.24) is 4.47 Å². The largest absolute Gasteiger partial charge is 0.305 e. The van der Waals surface area contributed by atoms with E-state index in [2.05, 4.69) is 0 Å². The molecule has 1 aliphatic rings. The van der Waals surface area contributed by atoms with Crippen molar-refractivity contribution in [3.8, 4) is 0 Å². The molecule has 0 aromatic heterocycles. The Hall–Kier alpha value is -1.93. The van der Waals surface area contributed by atoms with E-state index in [1.807, 2.05) is 31.2 Å². The fourth-order valence-electron chi connectivity index (χ4n) is 3.08. The van der Waals surface area contributed by atoms with Gasteiger partial charge < -0.3 is 4.90 Å². The fourth-order valence-corrected chi connectivity index (χ4v) is 4.56. The Morgan fingerprint density at radius 1 is 1.27 bits per heavy atom. The molecule has 0 radical (unpaired) electrons. The number of amides is 1. The smallest absolute Gasteiger partial charge is 0.266 e. The third-order valence-electron chi connectivity index (χ3n) is 4.48. The van der Waals surface area contributed by atoms with Gasteiger partial charge in [0.2, 0.25) is 0 Å². The van der Waals surface area contributed by atoms with Crippen LogP contribution in [0.3, 0.4) is 0 Å². The number of hydrogen-bond acceptors (Lipinski definition) is 4. The van der Waals surface area contributed by atoms with Gasteiger partial charge in [-0.2, -0.15) is 0 Å². The maximum atomic E-state index is 13.1. The summed E-state index contributed by atoms with van der Waals surface area (Å²) < 4.78 is 25.8. The van der Waals surface area contributed by atoms with Gasteiger partial charge in [0, 0.05) is 24.3 Å². The molecule has 1 atom stereocenters. The SMILES string of the molecule is CON(C)S(=O)(=O)c1cc(C(=O)N2c3ccccc3C[C@@H]2C)ccc1Cl. The maximum absolute atomic E-state index is 13.1. The number of rotatable bonds is 4. The minimum Gasteiger partial charge on any atom is -0.305 e. The zero-order chi connectivity index (χ0) is 19.1. The molecule has 0 saturated carbocycles. The summed E-state index contributed by atoms with van der Waals surface area (Å²) in [6.07, 6.45) is 0.757. The second-order valence-electron chi connectivity index (χ2n) is 6.10. The summed E-state index contributed by atoms with van der Waals surface area (Å²) in [7, 11) is -1.46. The van der Waals surface area contributed by atoms with Crippen molar-refractivity contribution in [2.75, 3.05) is 19.1 Å². The molecule has 1 heterocycles. The topological polar surface area (TPSA) is 66.9 Å². The molecule has 8 heteroatoms. The van der Waals surface area contributed by atoms with Gasteiger partial charge in [-0.05, 0) is 43.2 Å². The Kier molecular flexibility index (Phi) is 5.07. The highest BCUT2D eigenvalue weighted by Crippen LogP contribution is 2.34. The summed E-state index contributed by atoms with van der Waals surface area (Å²) in [4.78, 5) is 19.4. The fraction of sp³-hybridized carbons (Fsp3) is 0.278. The molecule has 2 aromatic carbocycles. The number of nitrogens with zero attached hydrogens (tertiary/aromatic N) is 2. The maximum Gasteiger partial charge on any atom is 0.266 e. The molecule has 0 spiro atoms. The molecule has 0 N–H and O–H groups in total. The molecule has 6 nitrogen and oxygen atoms in total. The van der Waals surface area contributed by atoms with E-state index in [0.717, 1.165) is 17.7 Å². The summed E-state index contributed by atoms with van der Waals surface area (Å²) in [5, 5.41) is 0.0281. The van der Waals surface area contributed by atoms with Crippen molar-refractivity contribution in [2.24, 2.45) is 0 Å². The summed E-state index contributed by atoms with van der Waals surface area (Å²) in [6.45, 7) is 1.96. The third-order valence-corrected chi connectivity index (χ3v) is 6.64. The number of para-hydroxylation sites is 1. The first-order valence-electron chi connectivity index (χ1n) is 8.01. The van der Waals surface area contributed by atoms with Crippen LogP contribution in [-0.4, -0.2) is 39.0 Å². The van der Waals surface area contributed by atoms with Gasteiger partial charge in [-0.3, -0.25) is 9.63 Å². The van der Waals surface area contributed by atoms with E-state index < -0.39 is 10.0 Å². The zero-order valence-corrected chi connectivity index (χ0v) is 16.2. The number of benzene rings is 2. The van der Waals surface area contributed by atoms with Gasteiger partial charge >= 0.3 is 0 Å². The molecule has 138 valence electrons. The molecule has 26 heavy (non-hydrogen) atoms. The first-order chi connectivity index (χ1) is 12.3. The number of hydrogen-bond donors (Lipinski definition) is 0. The quantitative estimate of drug-likeness (QED) is 0.747. The predicted molar refractivity (Wildman–Crippen MR) is 99.8 cm³/mol. The highest BCUT2D eigenvalue weighted by atomic mass is 35.5. The van der Waals surface area contributed by atoms with Gasteiger partial charge in [-0.15, -0.1) is 0 Å². The van der Waals surface area contributed by atoms with Crippen molar-refractivity contribution >= 4 is 33.2 Å². The van der Waals surface area contributed by atoms with E-state index in [1.54, 1.807) is 4.90 Å². The van der Waals surface area contributed by atoms with Crippen LogP contribution in [0.1, 0.15) is 22.8 Å². The molecule has 0 unspecified atom stereocenters. The third kappa shape index (κ3) is 3.12. The average molecular weight is 395 g/mol. The van der Waals surface area contributed by atoms with E-state index in [1.165, 1.54) is 32.4 Å². The number of hydroxylamine groups is 1. The number of halogens is 1. The van der Waals surface area contributed by atoms with Gasteiger partial charge in [-0.1, -0.05) is 34.3 Å². The molecular weight excluding hydrogens is 376 g/mol. The Labute approximate surface area is 157 Å². The van der Waals surface area contributed by atoms with Gasteiger partial charge in [0.05, 0.1) is 12.1 Å². The van der Waals surface area contributed by atoms with E-state index >= 15 is 0 Å². The Bertz CT molecular complexity index is 961. The lowest BCUT2D eigenvalue weighted by Gasteiger charge is -2.23. The van der Waals surface area contributed by atoms with Crippen LogP contribution in [0.4, 0.5) is 5.69 Å². The molecule has 0 fully saturated rings. The lowest BCUT2D eigenvalue weighted by Crippen LogP contribution is -2.36. The second kappa shape index (κ2) is 7.00. The van der Waals surface area contributed by atoms with Crippen LogP contribution in [0.15, 0.2) is 47.4 Å². The number of carbonyl (C=O) groups excluding carboxylic acids is 1. The van der Waals surface area contributed by atoms with Gasteiger partial charge in [0.1, 0.15) is 4.90 Å². The minimum absolute atomic E-state index is 0.0164. The standard InChI is InChI=1S/C18H19ClN2O4S/c1-12-10-13-6-4-5-7-16(13)21(12)18(22)14-8-9-15(19)17(11-14)26(23,24)20(2)25-3/h4-9,11-12H,10H2,1-3H3/t12-/m0/s1. The molecule has 3 rings (SSSR count). The minimum atomic E-state index is -3.96. The monoisotopic (exact) mass is 394 g/mol. The normalized spacial score (nSPS) is 16.8. The van der Waals surface area contributed by atoms with Crippen molar-refractivity contribution in [1.29, 1.82) is 0 Å². The Morgan fingerprint density at radius 3 is 2.65 bits per heavy atom. The van der Waals surface area contributed by atoms with Crippen LogP contribution in [-0.2, 0) is 21.3 Å². The van der Waals surface area contributed by atoms with Gasteiger partial charge in [-0.25, -0.2) is 8.42 Å². The lowest BCUT2D eigenvalue weighted by molar-refractivity contribution is -0.0258. The van der Waals surface area contributed by atoms with E-state index in [4.69, 9.17) is 16.4 Å². The highest BCUT2D eigenvalue weighted by molar-refractivity contribution is 7.89. The van der Waals surface area contributed by atoms with E-state index in [9.17, 15) is 13.2 Å². The van der Waals surface area contributed by atoms with Crippen LogP contribution in [0.2, 0.25) is 5.02 Å². The Morgan fingerprint density at radius 2 is 1.96 bits per heavy atom. The van der Waals surface area contributed by atoms with Crippen molar-refractivity contribution in [2.45, 2.75) is 24.3 Å². The number of anilines is 1. The molecule has 1 amide bonds. The zero-order valence-electron chi connectivity index (χ0n) is 14.6. The highest BCUT2D eigenvalue weighted by Gasteiger charge is 2.32.